The standard InChI is InChI=1S/C3H29N23/c1-3(6-8-4)7-10-12-14-16-18-20-22-24-26-25-23-21-19-17-15-13-11-9-5-2/h3,6-26H,2,4H2,1H3/t3-/m1/s1. The predicted molar refractivity (Wildman–Crippen MR) is 89.0 cm³/mol. The molecule has 0 amide bonds. The van der Waals surface area contributed by atoms with Crippen LogP contribution in [0.2, 0.25) is 0 Å². The van der Waals surface area contributed by atoms with E-state index in [9.17, 15) is 0 Å². The van der Waals surface area contributed by atoms with Crippen LogP contribution in [-0.2, 0) is 0 Å². The Labute approximate surface area is 148 Å². The molecule has 0 saturated carbocycles. The zero-order valence-corrected chi connectivity index (χ0v) is 13.8. The molecule has 0 unspecified atom stereocenters. The van der Waals surface area contributed by atoms with Crippen LogP contribution in [0.25, 0.3) is 0 Å². The second kappa shape index (κ2) is 21.7. The number of nitrogens with one attached hydrogen (secondary N) is 21. The SMILES string of the molecule is C=NNNNNNNNNNNNNNNNNNNN[C@H](C)NNN. The summed E-state index contributed by atoms with van der Waals surface area (Å²) in [4.78, 5) is 0. The minimum atomic E-state index is -0.124. The van der Waals surface area contributed by atoms with Crippen LogP contribution in [0.5, 0.6) is 0 Å². The largest absolute Gasteiger partial charge is 0.258 e. The molecule has 0 spiro atoms. The number of nitrogens with zero attached hydrogens (tertiary/aromatic N) is 1. The summed E-state index contributed by atoms with van der Waals surface area (Å²) in [6.07, 6.45) is -0.124. The molecule has 0 rings (SSSR count). The van der Waals surface area contributed by atoms with Crippen LogP contribution in [0.15, 0.2) is 5.10 Å². The Kier molecular flexibility index (Phi) is 20.5. The van der Waals surface area contributed by atoms with E-state index in [1.807, 2.05) is 6.92 Å². The number of hydrogen-bond donors (Lipinski definition) is 22. The van der Waals surface area contributed by atoms with E-state index >= 15 is 0 Å². The van der Waals surface area contributed by atoms with Crippen molar-refractivity contribution < 1.29 is 0 Å². The zero-order valence-electron chi connectivity index (χ0n) is 13.8. The predicted octanol–water partition coefficient (Wildman–Crippen LogP) is -10.4. The molecule has 0 aliphatic rings. The van der Waals surface area contributed by atoms with Gasteiger partial charge in [-0.2, -0.15) is 99.2 Å². The van der Waals surface area contributed by atoms with Crippen LogP contribution in [0, 0.1) is 0 Å². The van der Waals surface area contributed by atoms with Crippen molar-refractivity contribution in [3.8, 4) is 0 Å². The lowest BCUT2D eigenvalue weighted by Gasteiger charge is -2.17. The molecule has 0 aliphatic heterocycles. The molecule has 0 aromatic carbocycles. The summed E-state index contributed by atoms with van der Waals surface area (Å²) < 4.78 is 0. The molecule has 0 aromatic rings. The smallest absolute Gasteiger partial charge is 0.0830 e. The van der Waals surface area contributed by atoms with Crippen molar-refractivity contribution in [1.29, 1.82) is 0 Å². The molecular weight excluding hydrogens is 358 g/mol. The van der Waals surface area contributed by atoms with Crippen molar-refractivity contribution >= 4 is 6.72 Å². The first-order chi connectivity index (χ1) is 12.8. The van der Waals surface area contributed by atoms with Gasteiger partial charge in [0, 0.05) is 6.72 Å². The summed E-state index contributed by atoms with van der Waals surface area (Å²) in [6.45, 7) is 5.00. The Morgan fingerprint density at radius 3 is 1.27 bits per heavy atom. The van der Waals surface area contributed by atoms with E-state index in [-0.39, 0.29) is 6.17 Å². The van der Waals surface area contributed by atoms with Crippen molar-refractivity contribution in [2.45, 2.75) is 13.1 Å². The first kappa shape index (κ1) is 24.6. The summed E-state index contributed by atoms with van der Waals surface area (Å²) in [5.41, 5.74) is 52.6. The number of hydrazine groups is 20. The van der Waals surface area contributed by atoms with E-state index in [0.29, 0.717) is 0 Å². The lowest BCUT2D eigenvalue weighted by Crippen LogP contribution is -2.69. The van der Waals surface area contributed by atoms with Crippen molar-refractivity contribution in [1.82, 2.24) is 116 Å². The molecule has 23 heteroatoms. The zero-order chi connectivity index (χ0) is 19.1. The molecule has 0 aromatic heterocycles. The van der Waals surface area contributed by atoms with Gasteiger partial charge >= 0.3 is 0 Å². The minimum Gasteiger partial charge on any atom is -0.258 e. The highest BCUT2D eigenvalue weighted by Gasteiger charge is 1.94. The second-order valence-corrected chi connectivity index (χ2v) is 3.55. The first-order valence-electron chi connectivity index (χ1n) is 6.73. The maximum absolute atomic E-state index is 5.06. The molecular formula is C3H29N23. The van der Waals surface area contributed by atoms with Gasteiger partial charge in [0.2, 0.25) is 0 Å². The third-order valence-electron chi connectivity index (χ3n) is 1.72. The Morgan fingerprint density at radius 1 is 0.577 bits per heavy atom. The Balaban J connectivity index is 3.02. The van der Waals surface area contributed by atoms with Gasteiger partial charge in [0.15, 0.2) is 0 Å². The first-order valence-corrected chi connectivity index (χ1v) is 6.73. The third kappa shape index (κ3) is 20.7. The third-order valence-corrected chi connectivity index (χ3v) is 1.72. The summed E-state index contributed by atoms with van der Waals surface area (Å²) in [5, 5.41) is 3.30. The topological polar surface area (TPSA) is 291 Å². The average Bonchev–Trinajstić information content (AvgIpc) is 2.64. The van der Waals surface area contributed by atoms with Gasteiger partial charge < -0.3 is 0 Å². The van der Waals surface area contributed by atoms with E-state index in [1.54, 1.807) is 0 Å². The van der Waals surface area contributed by atoms with Gasteiger partial charge in [-0.05, 0) is 6.92 Å². The summed E-state index contributed by atoms with van der Waals surface area (Å²) in [7, 11) is 0. The van der Waals surface area contributed by atoms with Gasteiger partial charge in [-0.3, -0.25) is 5.84 Å². The highest BCUT2D eigenvalue weighted by molar-refractivity contribution is 5.21. The number of nitrogens with two attached hydrogens (primary N) is 1. The molecule has 1 atom stereocenters. The van der Waals surface area contributed by atoms with E-state index in [1.165, 1.54) is 0 Å². The van der Waals surface area contributed by atoms with Crippen molar-refractivity contribution in [2.24, 2.45) is 10.9 Å². The fourth-order valence-electron chi connectivity index (χ4n) is 0.842. The van der Waals surface area contributed by atoms with Crippen molar-refractivity contribution in [3.05, 3.63) is 0 Å². The molecule has 0 fully saturated rings. The molecule has 156 valence electrons. The summed E-state index contributed by atoms with van der Waals surface area (Å²) in [5.74, 6) is 5.06. The monoisotopic (exact) mass is 387 g/mol. The Hall–Kier alpha value is -1.37. The minimum absolute atomic E-state index is 0.124. The van der Waals surface area contributed by atoms with Crippen LogP contribution in [0.1, 0.15) is 6.92 Å². The quantitative estimate of drug-likeness (QED) is 0.0269. The molecule has 0 saturated heterocycles. The number of hydrogen-bond acceptors (Lipinski definition) is 23. The Morgan fingerprint density at radius 2 is 0.923 bits per heavy atom. The van der Waals surface area contributed by atoms with Crippen LogP contribution >= 0.6 is 0 Å². The fourth-order valence-corrected chi connectivity index (χ4v) is 0.842. The molecule has 0 bridgehead atoms. The van der Waals surface area contributed by atoms with Crippen molar-refractivity contribution in [2.75, 3.05) is 0 Å². The van der Waals surface area contributed by atoms with Gasteiger partial charge in [-0.1, -0.05) is 0 Å². The fraction of sp³-hybridized carbons (Fsp3) is 0.667. The summed E-state index contributed by atoms with van der Waals surface area (Å²) >= 11 is 0. The summed E-state index contributed by atoms with van der Waals surface area (Å²) in [6, 6.07) is 0. The normalized spacial score (nSPS) is 12.2. The van der Waals surface area contributed by atoms with Crippen molar-refractivity contribution in [3.63, 3.8) is 0 Å². The van der Waals surface area contributed by atoms with E-state index < -0.39 is 0 Å². The number of rotatable bonds is 22. The van der Waals surface area contributed by atoms with E-state index in [4.69, 9.17) is 5.84 Å². The van der Waals surface area contributed by atoms with Gasteiger partial charge in [0.1, 0.15) is 0 Å². The molecule has 0 radical (unpaired) electrons. The molecule has 0 aliphatic carbocycles. The maximum Gasteiger partial charge on any atom is 0.0830 e. The molecule has 0 heterocycles. The van der Waals surface area contributed by atoms with Gasteiger partial charge in [-0.25, -0.2) is 16.4 Å². The average molecular weight is 387 g/mol. The van der Waals surface area contributed by atoms with Gasteiger partial charge in [0.05, 0.1) is 6.17 Å². The Bertz CT molecular complexity index is 268. The van der Waals surface area contributed by atoms with E-state index in [0.717, 1.165) is 0 Å². The lowest BCUT2D eigenvalue weighted by molar-refractivity contribution is 0.192. The van der Waals surface area contributed by atoms with Crippen LogP contribution < -0.4 is 122 Å². The van der Waals surface area contributed by atoms with Crippen LogP contribution in [0.4, 0.5) is 0 Å². The molecule has 23 N–H and O–H groups in total. The second-order valence-electron chi connectivity index (χ2n) is 3.55. The highest BCUT2D eigenvalue weighted by Crippen LogP contribution is 1.61. The lowest BCUT2D eigenvalue weighted by atomic mass is 10.6. The van der Waals surface area contributed by atoms with Gasteiger partial charge in [-0.15, -0.1) is 5.53 Å². The van der Waals surface area contributed by atoms with Crippen LogP contribution in [-0.4, -0.2) is 12.9 Å². The van der Waals surface area contributed by atoms with Gasteiger partial charge in [0.25, 0.3) is 0 Å². The molecule has 26 heavy (non-hydrogen) atoms. The van der Waals surface area contributed by atoms with Crippen LogP contribution in [0.3, 0.4) is 0 Å². The highest BCUT2D eigenvalue weighted by atomic mass is 16.0. The molecule has 23 nitrogen and oxygen atoms in total. The van der Waals surface area contributed by atoms with E-state index in [2.05, 4.69) is 128 Å². The maximum atomic E-state index is 5.06. The number of hydrazone groups is 1.